The molecule has 0 heterocycles. The summed E-state index contributed by atoms with van der Waals surface area (Å²) in [5.74, 6) is -2.32. The third kappa shape index (κ3) is 5.99. The van der Waals surface area contributed by atoms with Crippen molar-refractivity contribution >= 4 is 0 Å². The predicted molar refractivity (Wildman–Crippen MR) is 39.3 cm³/mol. The summed E-state index contributed by atoms with van der Waals surface area (Å²) in [5.41, 5.74) is 0. The molecule has 62 valence electrons. The minimum absolute atomic E-state index is 0.0286. The lowest BCUT2D eigenvalue weighted by atomic mass is 9.99. The minimum Gasteiger partial charge on any atom is -0.207 e. The number of hydrogen-bond acceptors (Lipinski definition) is 0. The first-order valence-corrected chi connectivity index (χ1v) is 3.83. The van der Waals surface area contributed by atoms with Gasteiger partial charge in [0.25, 0.3) is 0 Å². The highest BCUT2D eigenvalue weighted by atomic mass is 19.3. The van der Waals surface area contributed by atoms with Gasteiger partial charge in [0.05, 0.1) is 0 Å². The Morgan fingerprint density at radius 2 is 1.90 bits per heavy atom. The minimum atomic E-state index is -2.48. The van der Waals surface area contributed by atoms with Crippen molar-refractivity contribution in [2.45, 2.75) is 46.0 Å². The zero-order valence-corrected chi connectivity index (χ0v) is 6.95. The fourth-order valence-electron chi connectivity index (χ4n) is 1.21. The van der Waals surface area contributed by atoms with Gasteiger partial charge < -0.3 is 0 Å². The standard InChI is InChI=1S/C8H16F2/c1-4-5-7(2)6-8(3,9)10/h7H,4-6H2,1-3H3. The fourth-order valence-corrected chi connectivity index (χ4v) is 1.21. The highest BCUT2D eigenvalue weighted by molar-refractivity contribution is 4.63. The molecule has 0 aromatic rings. The Bertz CT molecular complexity index is 83.7. The van der Waals surface area contributed by atoms with Crippen LogP contribution in [0.25, 0.3) is 0 Å². The molecule has 0 aromatic heterocycles. The van der Waals surface area contributed by atoms with Crippen molar-refractivity contribution in [1.82, 2.24) is 0 Å². The van der Waals surface area contributed by atoms with Gasteiger partial charge >= 0.3 is 0 Å². The van der Waals surface area contributed by atoms with Gasteiger partial charge in [-0.05, 0) is 12.8 Å². The SMILES string of the molecule is CCCC(C)CC(C)(F)F. The molecule has 0 saturated heterocycles. The topological polar surface area (TPSA) is 0 Å². The summed E-state index contributed by atoms with van der Waals surface area (Å²) in [6.45, 7) is 4.88. The maximum Gasteiger partial charge on any atom is 0.245 e. The Hall–Kier alpha value is -0.140. The summed E-state index contributed by atoms with van der Waals surface area (Å²) < 4.78 is 24.6. The van der Waals surface area contributed by atoms with E-state index in [2.05, 4.69) is 0 Å². The molecular weight excluding hydrogens is 134 g/mol. The highest BCUT2D eigenvalue weighted by Gasteiger charge is 2.23. The molecule has 0 bridgehead atoms. The predicted octanol–water partition coefficient (Wildman–Crippen LogP) is 3.47. The highest BCUT2D eigenvalue weighted by Crippen LogP contribution is 2.24. The molecule has 0 radical (unpaired) electrons. The molecule has 1 unspecified atom stereocenters. The first-order valence-electron chi connectivity index (χ1n) is 3.83. The second kappa shape index (κ2) is 3.89. The van der Waals surface area contributed by atoms with Crippen molar-refractivity contribution in [3.63, 3.8) is 0 Å². The van der Waals surface area contributed by atoms with Crippen molar-refractivity contribution in [2.75, 3.05) is 0 Å². The van der Waals surface area contributed by atoms with Gasteiger partial charge in [0.1, 0.15) is 0 Å². The lowest BCUT2D eigenvalue weighted by molar-refractivity contribution is -0.00229. The number of rotatable bonds is 4. The first-order chi connectivity index (χ1) is 4.45. The van der Waals surface area contributed by atoms with Gasteiger partial charge in [0.2, 0.25) is 5.92 Å². The van der Waals surface area contributed by atoms with Crippen molar-refractivity contribution in [3.8, 4) is 0 Å². The van der Waals surface area contributed by atoms with Gasteiger partial charge in [0.15, 0.2) is 0 Å². The van der Waals surface area contributed by atoms with Crippen molar-refractivity contribution in [3.05, 3.63) is 0 Å². The smallest absolute Gasteiger partial charge is 0.207 e. The Morgan fingerprint density at radius 3 is 2.20 bits per heavy atom. The van der Waals surface area contributed by atoms with Crippen LogP contribution in [0.3, 0.4) is 0 Å². The van der Waals surface area contributed by atoms with E-state index in [-0.39, 0.29) is 12.3 Å². The molecule has 0 aromatic carbocycles. The maximum absolute atomic E-state index is 12.3. The van der Waals surface area contributed by atoms with Crippen LogP contribution < -0.4 is 0 Å². The van der Waals surface area contributed by atoms with E-state index in [0.717, 1.165) is 19.8 Å². The fraction of sp³-hybridized carbons (Fsp3) is 1.00. The van der Waals surface area contributed by atoms with E-state index >= 15 is 0 Å². The summed E-state index contributed by atoms with van der Waals surface area (Å²) >= 11 is 0. The van der Waals surface area contributed by atoms with Crippen molar-refractivity contribution in [1.29, 1.82) is 0 Å². The molecule has 2 heteroatoms. The molecule has 0 spiro atoms. The summed E-state index contributed by atoms with van der Waals surface area (Å²) in [5, 5.41) is 0. The summed E-state index contributed by atoms with van der Waals surface area (Å²) in [4.78, 5) is 0. The van der Waals surface area contributed by atoms with E-state index in [1.165, 1.54) is 0 Å². The average Bonchev–Trinajstić information content (AvgIpc) is 1.59. The van der Waals surface area contributed by atoms with E-state index in [9.17, 15) is 8.78 Å². The molecule has 0 aliphatic carbocycles. The average molecular weight is 150 g/mol. The van der Waals surface area contributed by atoms with Crippen LogP contribution in [0.5, 0.6) is 0 Å². The second-order valence-electron chi connectivity index (χ2n) is 3.17. The van der Waals surface area contributed by atoms with Crippen LogP contribution in [0.4, 0.5) is 8.78 Å². The molecule has 0 N–H and O–H groups in total. The van der Waals surface area contributed by atoms with Crippen LogP contribution in [0, 0.1) is 5.92 Å². The lowest BCUT2D eigenvalue weighted by Crippen LogP contribution is -2.14. The maximum atomic E-state index is 12.3. The van der Waals surface area contributed by atoms with Gasteiger partial charge in [-0.25, -0.2) is 8.78 Å². The Kier molecular flexibility index (Phi) is 3.84. The Morgan fingerprint density at radius 1 is 1.40 bits per heavy atom. The summed E-state index contributed by atoms with van der Waals surface area (Å²) in [7, 11) is 0. The van der Waals surface area contributed by atoms with Gasteiger partial charge in [-0.1, -0.05) is 26.7 Å². The molecule has 1 atom stereocenters. The van der Waals surface area contributed by atoms with Crippen molar-refractivity contribution in [2.24, 2.45) is 5.92 Å². The normalized spacial score (nSPS) is 15.3. The summed E-state index contributed by atoms with van der Waals surface area (Å²) in [6.07, 6.45) is 1.93. The number of halogens is 2. The van der Waals surface area contributed by atoms with Gasteiger partial charge in [-0.2, -0.15) is 0 Å². The van der Waals surface area contributed by atoms with Crippen LogP contribution >= 0.6 is 0 Å². The molecular formula is C8H16F2. The van der Waals surface area contributed by atoms with Gasteiger partial charge in [-0.3, -0.25) is 0 Å². The van der Waals surface area contributed by atoms with E-state index < -0.39 is 5.92 Å². The van der Waals surface area contributed by atoms with E-state index in [1.54, 1.807) is 0 Å². The zero-order chi connectivity index (χ0) is 8.20. The second-order valence-corrected chi connectivity index (χ2v) is 3.17. The molecule has 0 rings (SSSR count). The van der Waals surface area contributed by atoms with Gasteiger partial charge in [-0.15, -0.1) is 0 Å². The van der Waals surface area contributed by atoms with Crippen LogP contribution in [-0.2, 0) is 0 Å². The molecule has 0 amide bonds. The molecule has 10 heavy (non-hydrogen) atoms. The molecule has 0 nitrogen and oxygen atoms in total. The molecule has 0 fully saturated rings. The Balaban J connectivity index is 3.47. The quantitative estimate of drug-likeness (QED) is 0.575. The number of alkyl halides is 2. The molecule has 0 aliphatic rings. The summed E-state index contributed by atoms with van der Waals surface area (Å²) in [6, 6.07) is 0. The Labute approximate surface area is 61.6 Å². The molecule has 0 aliphatic heterocycles. The number of hydrogen-bond donors (Lipinski definition) is 0. The first kappa shape index (κ1) is 9.86. The molecule has 0 saturated carbocycles. The third-order valence-corrected chi connectivity index (χ3v) is 1.49. The van der Waals surface area contributed by atoms with Crippen LogP contribution in [-0.4, -0.2) is 5.92 Å². The van der Waals surface area contributed by atoms with E-state index in [4.69, 9.17) is 0 Å². The zero-order valence-electron chi connectivity index (χ0n) is 6.95. The van der Waals surface area contributed by atoms with E-state index in [1.807, 2.05) is 13.8 Å². The lowest BCUT2D eigenvalue weighted by Gasteiger charge is -2.15. The monoisotopic (exact) mass is 150 g/mol. The van der Waals surface area contributed by atoms with Crippen LogP contribution in [0.2, 0.25) is 0 Å². The van der Waals surface area contributed by atoms with Crippen molar-refractivity contribution < 1.29 is 8.78 Å². The van der Waals surface area contributed by atoms with Crippen LogP contribution in [0.15, 0.2) is 0 Å². The third-order valence-electron chi connectivity index (χ3n) is 1.49. The largest absolute Gasteiger partial charge is 0.245 e. The van der Waals surface area contributed by atoms with E-state index in [0.29, 0.717) is 0 Å². The van der Waals surface area contributed by atoms with Gasteiger partial charge in [0, 0.05) is 6.42 Å². The van der Waals surface area contributed by atoms with Crippen LogP contribution in [0.1, 0.15) is 40.0 Å².